The molecular weight excluding hydrogens is 312 g/mol. The fraction of sp³-hybridized carbons (Fsp3) is 0.471. The van der Waals surface area contributed by atoms with Crippen LogP contribution in [-0.4, -0.2) is 24.4 Å². The minimum absolute atomic E-state index is 0.0318. The van der Waals surface area contributed by atoms with Crippen molar-refractivity contribution in [3.8, 4) is 0 Å². The van der Waals surface area contributed by atoms with E-state index in [1.165, 1.54) is 0 Å². The Bertz CT molecular complexity index is 740. The lowest BCUT2D eigenvalue weighted by atomic mass is 10.1. The monoisotopic (exact) mass is 334 g/mol. The molecule has 0 N–H and O–H groups in total. The van der Waals surface area contributed by atoms with Crippen molar-refractivity contribution < 1.29 is 12.9 Å². The van der Waals surface area contributed by atoms with Crippen LogP contribution < -0.4 is 0 Å². The van der Waals surface area contributed by atoms with Gasteiger partial charge in [0.25, 0.3) is 0 Å². The van der Waals surface area contributed by atoms with Crippen molar-refractivity contribution in [3.05, 3.63) is 53.4 Å². The molecule has 0 radical (unpaired) electrons. The van der Waals surface area contributed by atoms with Gasteiger partial charge in [0.05, 0.1) is 11.8 Å². The first kappa shape index (κ1) is 16.2. The third kappa shape index (κ3) is 3.64. The molecule has 23 heavy (non-hydrogen) atoms. The van der Waals surface area contributed by atoms with E-state index >= 15 is 0 Å². The summed E-state index contributed by atoms with van der Waals surface area (Å²) in [5.74, 6) is 0.860. The largest absolute Gasteiger partial charge is 0.361 e. The highest BCUT2D eigenvalue weighted by atomic mass is 32.2. The van der Waals surface area contributed by atoms with E-state index < -0.39 is 10.0 Å². The minimum Gasteiger partial charge on any atom is -0.361 e. The number of aryl methyl sites for hydroxylation is 1. The molecule has 6 heteroatoms. The molecule has 2 aromatic rings. The van der Waals surface area contributed by atoms with Gasteiger partial charge in [-0.15, -0.1) is 0 Å². The van der Waals surface area contributed by atoms with Crippen molar-refractivity contribution in [2.24, 2.45) is 0 Å². The maximum atomic E-state index is 12.8. The van der Waals surface area contributed by atoms with Gasteiger partial charge in [-0.3, -0.25) is 0 Å². The Morgan fingerprint density at radius 1 is 1.30 bits per heavy atom. The summed E-state index contributed by atoms with van der Waals surface area (Å²) < 4.78 is 32.5. The molecule has 0 bridgehead atoms. The fourth-order valence-electron chi connectivity index (χ4n) is 3.09. The van der Waals surface area contributed by atoms with Gasteiger partial charge in [0.2, 0.25) is 10.0 Å². The lowest BCUT2D eigenvalue weighted by Gasteiger charge is -2.22. The molecule has 1 aromatic heterocycles. The molecule has 0 unspecified atom stereocenters. The number of hydrogen-bond acceptors (Lipinski definition) is 4. The van der Waals surface area contributed by atoms with Crippen LogP contribution in [0, 0.1) is 0 Å². The van der Waals surface area contributed by atoms with E-state index in [1.807, 2.05) is 36.4 Å². The van der Waals surface area contributed by atoms with Gasteiger partial charge in [-0.25, -0.2) is 8.42 Å². The zero-order valence-corrected chi connectivity index (χ0v) is 14.1. The second kappa shape index (κ2) is 6.84. The zero-order valence-electron chi connectivity index (χ0n) is 13.3. The highest BCUT2D eigenvalue weighted by Gasteiger charge is 2.36. The fourth-order valence-corrected chi connectivity index (χ4v) is 4.87. The summed E-state index contributed by atoms with van der Waals surface area (Å²) in [6.45, 7) is 2.63. The van der Waals surface area contributed by atoms with Crippen LogP contribution >= 0.6 is 0 Å². The van der Waals surface area contributed by atoms with Crippen LogP contribution in [0.4, 0.5) is 0 Å². The molecule has 0 saturated carbocycles. The second-order valence-corrected chi connectivity index (χ2v) is 7.90. The van der Waals surface area contributed by atoms with Crippen molar-refractivity contribution in [1.29, 1.82) is 0 Å². The van der Waals surface area contributed by atoms with Crippen LogP contribution in [-0.2, 0) is 22.2 Å². The van der Waals surface area contributed by atoms with Gasteiger partial charge in [-0.05, 0) is 24.8 Å². The Kier molecular flexibility index (Phi) is 4.82. The van der Waals surface area contributed by atoms with Gasteiger partial charge in [-0.1, -0.05) is 42.4 Å². The highest BCUT2D eigenvalue weighted by Crippen LogP contribution is 2.35. The predicted molar refractivity (Wildman–Crippen MR) is 88.2 cm³/mol. The Hall–Kier alpha value is -1.66. The van der Waals surface area contributed by atoms with E-state index in [1.54, 1.807) is 4.31 Å². The van der Waals surface area contributed by atoms with Crippen molar-refractivity contribution >= 4 is 10.0 Å². The first-order valence-corrected chi connectivity index (χ1v) is 9.70. The summed E-state index contributed by atoms with van der Waals surface area (Å²) in [5.41, 5.74) is 1.55. The second-order valence-electron chi connectivity index (χ2n) is 5.98. The van der Waals surface area contributed by atoms with Gasteiger partial charge in [-0.2, -0.15) is 4.31 Å². The van der Waals surface area contributed by atoms with E-state index in [0.29, 0.717) is 6.54 Å². The standard InChI is InChI=1S/C17H22N2O3S/c1-2-7-15-12-16(18-22-15)17-10-6-11-19(17)23(20,21)13-14-8-4-3-5-9-14/h3-5,8-9,12,17H,2,6-7,10-11,13H2,1H3/t17-/m0/s1. The Morgan fingerprint density at radius 2 is 2.09 bits per heavy atom. The van der Waals surface area contributed by atoms with Crippen LogP contribution in [0.2, 0.25) is 0 Å². The summed E-state index contributed by atoms with van der Waals surface area (Å²) in [5, 5.41) is 4.11. The van der Waals surface area contributed by atoms with Crippen LogP contribution in [0.3, 0.4) is 0 Å². The van der Waals surface area contributed by atoms with E-state index in [9.17, 15) is 8.42 Å². The van der Waals surface area contributed by atoms with E-state index in [2.05, 4.69) is 12.1 Å². The number of sulfonamides is 1. The molecule has 124 valence electrons. The topological polar surface area (TPSA) is 63.4 Å². The average Bonchev–Trinajstić information content (AvgIpc) is 3.16. The lowest BCUT2D eigenvalue weighted by molar-refractivity contribution is 0.343. The number of nitrogens with zero attached hydrogens (tertiary/aromatic N) is 2. The summed E-state index contributed by atoms with van der Waals surface area (Å²) in [7, 11) is -3.36. The molecule has 3 rings (SSSR count). The SMILES string of the molecule is CCCc1cc([C@@H]2CCCN2S(=O)(=O)Cc2ccccc2)no1. The minimum atomic E-state index is -3.36. The molecule has 1 atom stereocenters. The molecular formula is C17H22N2O3S. The quantitative estimate of drug-likeness (QED) is 0.813. The van der Waals surface area contributed by atoms with E-state index in [0.717, 1.165) is 42.7 Å². The molecule has 1 aromatic carbocycles. The number of hydrogen-bond donors (Lipinski definition) is 0. The highest BCUT2D eigenvalue weighted by molar-refractivity contribution is 7.88. The summed E-state index contributed by atoms with van der Waals surface area (Å²) >= 11 is 0. The van der Waals surface area contributed by atoms with Gasteiger partial charge < -0.3 is 4.52 Å². The molecule has 0 spiro atoms. The van der Waals surface area contributed by atoms with Crippen molar-refractivity contribution in [3.63, 3.8) is 0 Å². The number of benzene rings is 1. The molecule has 0 amide bonds. The lowest BCUT2D eigenvalue weighted by Crippen LogP contribution is -2.31. The van der Waals surface area contributed by atoms with Crippen LogP contribution in [0.5, 0.6) is 0 Å². The summed E-state index contributed by atoms with van der Waals surface area (Å²) in [6.07, 6.45) is 3.46. The Balaban J connectivity index is 1.79. The first-order valence-electron chi connectivity index (χ1n) is 8.09. The summed E-state index contributed by atoms with van der Waals surface area (Å²) in [6, 6.07) is 11.0. The maximum Gasteiger partial charge on any atom is 0.218 e. The Morgan fingerprint density at radius 3 is 2.83 bits per heavy atom. The van der Waals surface area contributed by atoms with Crippen LogP contribution in [0.15, 0.2) is 40.9 Å². The van der Waals surface area contributed by atoms with Gasteiger partial charge in [0.1, 0.15) is 11.5 Å². The van der Waals surface area contributed by atoms with Crippen molar-refractivity contribution in [2.45, 2.75) is 44.4 Å². The summed E-state index contributed by atoms with van der Waals surface area (Å²) in [4.78, 5) is 0. The Labute approximate surface area is 137 Å². The van der Waals surface area contributed by atoms with Crippen LogP contribution in [0.25, 0.3) is 0 Å². The predicted octanol–water partition coefficient (Wildman–Crippen LogP) is 3.29. The average molecular weight is 334 g/mol. The van der Waals surface area contributed by atoms with Gasteiger partial charge >= 0.3 is 0 Å². The van der Waals surface area contributed by atoms with E-state index in [-0.39, 0.29) is 11.8 Å². The third-order valence-electron chi connectivity index (χ3n) is 4.17. The third-order valence-corrected chi connectivity index (χ3v) is 6.02. The molecule has 5 nitrogen and oxygen atoms in total. The molecule has 1 aliphatic rings. The normalized spacial score (nSPS) is 19.3. The first-order chi connectivity index (χ1) is 11.1. The van der Waals surface area contributed by atoms with Gasteiger partial charge in [0, 0.05) is 19.0 Å². The van der Waals surface area contributed by atoms with E-state index in [4.69, 9.17) is 4.52 Å². The maximum absolute atomic E-state index is 12.8. The number of aromatic nitrogens is 1. The number of rotatable bonds is 6. The molecule has 2 heterocycles. The zero-order chi connectivity index (χ0) is 16.3. The van der Waals surface area contributed by atoms with Crippen molar-refractivity contribution in [2.75, 3.05) is 6.54 Å². The smallest absolute Gasteiger partial charge is 0.218 e. The van der Waals surface area contributed by atoms with Gasteiger partial charge in [0.15, 0.2) is 0 Å². The molecule has 0 aliphatic carbocycles. The molecule has 1 fully saturated rings. The van der Waals surface area contributed by atoms with Crippen LogP contribution in [0.1, 0.15) is 49.2 Å². The molecule has 1 aliphatic heterocycles. The molecule has 1 saturated heterocycles. The van der Waals surface area contributed by atoms with Crippen molar-refractivity contribution in [1.82, 2.24) is 9.46 Å².